The lowest BCUT2D eigenvalue weighted by atomic mass is 10.0. The summed E-state index contributed by atoms with van der Waals surface area (Å²) in [6.45, 7) is 0. The number of ether oxygens (including phenoxy) is 2. The monoisotopic (exact) mass is 1800 g/mol. The van der Waals surface area contributed by atoms with Gasteiger partial charge in [0.25, 0.3) is 29.5 Å². The molecule has 1 saturated carbocycles. The van der Waals surface area contributed by atoms with E-state index < -0.39 is 0 Å². The quantitative estimate of drug-likeness (QED) is 0.0544. The molecule has 17 aromatic rings. The van der Waals surface area contributed by atoms with Crippen LogP contribution in [0.25, 0.3) is 72.9 Å². The van der Waals surface area contributed by atoms with Gasteiger partial charge in [-0.05, 0) is 275 Å². The van der Waals surface area contributed by atoms with Crippen LogP contribution in [-0.4, -0.2) is 117 Å². The van der Waals surface area contributed by atoms with E-state index in [-0.39, 0.29) is 41.9 Å². The SMILES string of the molecule is COc1ccc(CC(=O)n2ccc(/C=C/c3ccco3)n2)cc1.COc1ccc(CC(=O)n2ccc(/C=C/c3cccs3)n2)cc1.Cn1cccc1C(=O)n1ccc(/C=C/c2ccco2)n1.Cn1cccc1C(=O)n1ccc(/C=C/c2cccs2)n1.O=C(CC1CCCC1)n1ccc(/C=C/c2cccs2)n1.O=C(Cc1ccc(Cl)cc1)n1ccc(/C=C/c2cccs2)n1. The highest BCUT2D eigenvalue weighted by atomic mass is 35.5. The summed E-state index contributed by atoms with van der Waals surface area (Å²) in [7, 11) is 6.90. The Balaban J connectivity index is 0.000000131. The van der Waals surface area contributed by atoms with Gasteiger partial charge in [-0.1, -0.05) is 85.1 Å². The van der Waals surface area contributed by atoms with Crippen molar-refractivity contribution in [1.82, 2.24) is 67.8 Å². The number of aryl methyl sites for hydroxylation is 2. The summed E-state index contributed by atoms with van der Waals surface area (Å²) < 4.78 is 32.5. The summed E-state index contributed by atoms with van der Waals surface area (Å²) in [5.74, 6) is 3.20. The first-order valence-corrected chi connectivity index (χ1v) is 44.5. The number of nitrogens with zero attached hydrogens (tertiary/aromatic N) is 14. The Morgan fingerprint density at radius 2 is 0.656 bits per heavy atom. The van der Waals surface area contributed by atoms with E-state index in [0.717, 1.165) is 77.1 Å². The Morgan fingerprint density at radius 3 is 0.945 bits per heavy atom. The molecule has 128 heavy (non-hydrogen) atoms. The van der Waals surface area contributed by atoms with Crippen molar-refractivity contribution in [2.75, 3.05) is 14.2 Å². The molecule has 0 atom stereocenters. The Labute approximate surface area is 760 Å². The molecule has 0 N–H and O–H groups in total. The zero-order valence-electron chi connectivity index (χ0n) is 70.2. The number of aromatic nitrogens is 14. The van der Waals surface area contributed by atoms with Crippen LogP contribution in [0, 0.1) is 5.92 Å². The molecule has 18 rings (SSSR count). The molecule has 1 aliphatic rings. The van der Waals surface area contributed by atoms with Crippen LogP contribution < -0.4 is 9.47 Å². The molecule has 0 bridgehead atoms. The molecule has 3 aromatic carbocycles. The number of rotatable bonds is 24. The average molecular weight is 1800 g/mol. The first kappa shape index (κ1) is 90.9. The maximum absolute atomic E-state index is 12.3. The number of methoxy groups -OCH3 is 2. The average Bonchev–Trinajstić information content (AvgIpc) is 1.69. The van der Waals surface area contributed by atoms with E-state index in [4.69, 9.17) is 29.9 Å². The first-order chi connectivity index (χ1) is 62.5. The van der Waals surface area contributed by atoms with E-state index in [0.29, 0.717) is 53.0 Å². The van der Waals surface area contributed by atoms with Crippen LogP contribution in [0.1, 0.15) is 154 Å². The van der Waals surface area contributed by atoms with Crippen molar-refractivity contribution in [1.29, 1.82) is 0 Å². The molecule has 24 nitrogen and oxygen atoms in total. The summed E-state index contributed by atoms with van der Waals surface area (Å²) >= 11 is 12.5. The molecule has 14 aromatic heterocycles. The number of thiophene rings is 4. The number of furan rings is 2. The van der Waals surface area contributed by atoms with Crippen LogP contribution >= 0.6 is 56.9 Å². The van der Waals surface area contributed by atoms with Gasteiger partial charge in [0.2, 0.25) is 5.91 Å². The first-order valence-electron chi connectivity index (χ1n) is 40.6. The van der Waals surface area contributed by atoms with Crippen molar-refractivity contribution in [3.05, 3.63) is 388 Å². The molecular formula is C99H89ClN14O10S4. The second-order valence-electron chi connectivity index (χ2n) is 28.6. The molecule has 646 valence electrons. The maximum atomic E-state index is 12.3. The van der Waals surface area contributed by atoms with Crippen molar-refractivity contribution in [2.45, 2.75) is 51.4 Å². The highest BCUT2D eigenvalue weighted by Gasteiger charge is 2.21. The third kappa shape index (κ3) is 27.8. The number of hydrogen-bond donors (Lipinski definition) is 0. The zero-order chi connectivity index (χ0) is 89.2. The molecule has 0 aliphatic heterocycles. The smallest absolute Gasteiger partial charge is 0.294 e. The minimum atomic E-state index is -0.157. The van der Waals surface area contributed by atoms with Crippen molar-refractivity contribution in [3.63, 3.8) is 0 Å². The van der Waals surface area contributed by atoms with Gasteiger partial charge in [0.15, 0.2) is 0 Å². The van der Waals surface area contributed by atoms with E-state index in [9.17, 15) is 28.8 Å². The van der Waals surface area contributed by atoms with E-state index in [1.54, 1.807) is 179 Å². The van der Waals surface area contributed by atoms with Crippen LogP contribution in [-0.2, 0) is 33.4 Å². The summed E-state index contributed by atoms with van der Waals surface area (Å²) in [6.07, 6.45) is 46.3. The lowest BCUT2D eigenvalue weighted by Gasteiger charge is -2.06. The van der Waals surface area contributed by atoms with Crippen LogP contribution in [0.4, 0.5) is 0 Å². The molecule has 0 unspecified atom stereocenters. The Hall–Kier alpha value is -14.8. The van der Waals surface area contributed by atoms with Crippen molar-refractivity contribution in [3.8, 4) is 11.5 Å². The predicted octanol–water partition coefficient (Wildman–Crippen LogP) is 22.3. The Bertz CT molecular complexity index is 6250. The standard InChI is InChI=1S/C18H16N2O3.C18H16N2O2S.C17H13ClN2OS.C16H18N2OS.C15H13N3O2.C15H13N3OS/c2*1-22-16-7-4-14(5-8-16)13-18(21)20-11-10-15(19-20)6-9-17-3-2-12-23-17;18-14-5-3-13(4-6-14)12-17(21)20-10-9-15(19-20)7-8-16-2-1-11-22-16;19-16(12-13-4-1-2-5-13)18-10-9-14(17-18)7-8-15-6-3-11-20-15;2*1-17-9-2-5-14(17)15(19)18-10-8-12(16-18)6-7-13-4-3-11-20-13/h2*2-12H,13H2,1H3;1-11H,12H2;3,6-11,13H,1-2,4-5,12H2;2*2-11H,1H3/b2*9-6+;2*8-7+;2*7-6+. The van der Waals surface area contributed by atoms with Crippen LogP contribution in [0.3, 0.4) is 0 Å². The normalized spacial score (nSPS) is 11.9. The fraction of sp³-hybridized carbons (Fsp3) is 0.131. The zero-order valence-corrected chi connectivity index (χ0v) is 74.3. The van der Waals surface area contributed by atoms with E-state index in [2.05, 4.69) is 36.7 Å². The predicted molar refractivity (Wildman–Crippen MR) is 510 cm³/mol. The van der Waals surface area contributed by atoms with Gasteiger partial charge in [0.05, 0.1) is 80.2 Å². The number of hydrogen-bond acceptors (Lipinski definition) is 20. The van der Waals surface area contributed by atoms with Gasteiger partial charge >= 0.3 is 0 Å². The van der Waals surface area contributed by atoms with Crippen LogP contribution in [0.5, 0.6) is 11.5 Å². The molecule has 0 amide bonds. The van der Waals surface area contributed by atoms with Crippen LogP contribution in [0.2, 0.25) is 5.02 Å². The fourth-order valence-electron chi connectivity index (χ4n) is 12.7. The number of benzene rings is 3. The van der Waals surface area contributed by atoms with Gasteiger partial charge in [-0.25, -0.2) is 28.1 Å². The van der Waals surface area contributed by atoms with E-state index >= 15 is 0 Å². The lowest BCUT2D eigenvalue weighted by molar-refractivity contribution is 0.0860. The Morgan fingerprint density at radius 1 is 0.352 bits per heavy atom. The largest absolute Gasteiger partial charge is 0.497 e. The highest BCUT2D eigenvalue weighted by Crippen LogP contribution is 2.29. The van der Waals surface area contributed by atoms with Crippen molar-refractivity contribution in [2.24, 2.45) is 20.0 Å². The molecule has 1 fully saturated rings. The molecule has 14 heterocycles. The minimum Gasteiger partial charge on any atom is -0.497 e. The number of carbonyl (C=O) groups is 6. The molecule has 0 spiro atoms. The van der Waals surface area contributed by atoms with Gasteiger partial charge in [-0.2, -0.15) is 30.6 Å². The third-order valence-corrected chi connectivity index (χ3v) is 23.0. The minimum absolute atomic E-state index is 0.0639. The highest BCUT2D eigenvalue weighted by molar-refractivity contribution is 7.11. The van der Waals surface area contributed by atoms with Gasteiger partial charge in [-0.15, -0.1) is 45.3 Å². The molecule has 1 aliphatic carbocycles. The van der Waals surface area contributed by atoms with Gasteiger partial charge in [0, 0.05) is 94.6 Å². The summed E-state index contributed by atoms with van der Waals surface area (Å²) in [5.41, 5.74) is 8.49. The van der Waals surface area contributed by atoms with Gasteiger partial charge < -0.3 is 27.4 Å². The summed E-state index contributed by atoms with van der Waals surface area (Å²) in [6, 6.07) is 63.8. The molecule has 0 radical (unpaired) electrons. The number of halogens is 1. The topological polar surface area (TPSA) is 264 Å². The summed E-state index contributed by atoms with van der Waals surface area (Å²) in [4.78, 5) is 77.9. The molecule has 0 saturated heterocycles. The van der Waals surface area contributed by atoms with Crippen molar-refractivity contribution < 1.29 is 47.1 Å². The summed E-state index contributed by atoms with van der Waals surface area (Å²) in [5, 5.41) is 34.5. The second-order valence-corrected chi connectivity index (χ2v) is 33.0. The lowest BCUT2D eigenvalue weighted by Crippen LogP contribution is -2.15. The molecule has 29 heteroatoms. The second kappa shape index (κ2) is 46.8. The van der Waals surface area contributed by atoms with E-state index in [1.165, 1.54) is 58.7 Å². The van der Waals surface area contributed by atoms with Gasteiger partial charge in [-0.3, -0.25) is 28.8 Å². The van der Waals surface area contributed by atoms with Crippen LogP contribution in [0.15, 0.2) is 299 Å². The van der Waals surface area contributed by atoms with Crippen molar-refractivity contribution >= 4 is 165 Å². The van der Waals surface area contributed by atoms with Gasteiger partial charge in [0.1, 0.15) is 34.4 Å². The number of carbonyl (C=O) groups excluding carboxylic acids is 6. The third-order valence-electron chi connectivity index (χ3n) is 19.4. The maximum Gasteiger partial charge on any atom is 0.294 e. The molecular weight excluding hydrogens is 1710 g/mol. The Kier molecular flexibility index (Phi) is 33.2. The van der Waals surface area contributed by atoms with E-state index in [1.807, 2.05) is 260 Å². The fourth-order valence-corrected chi connectivity index (χ4v) is 15.3.